The number of fused-ring (bicyclic) bond motifs is 1. The normalized spacial score (nSPS) is 29.1. The van der Waals surface area contributed by atoms with Gasteiger partial charge in [0.15, 0.2) is 9.84 Å². The average molecular weight is 367 g/mol. The molecule has 2 aliphatic rings. The van der Waals surface area contributed by atoms with Crippen LogP contribution in [0.1, 0.15) is 33.6 Å². The molecule has 9 heteroatoms. The van der Waals surface area contributed by atoms with Crippen LogP contribution < -0.4 is 0 Å². The van der Waals surface area contributed by atoms with E-state index in [9.17, 15) is 21.6 Å². The Kier molecular flexibility index (Phi) is 5.42. The highest BCUT2D eigenvalue weighted by Gasteiger charge is 2.44. The molecule has 0 bridgehead atoms. The Morgan fingerprint density at radius 1 is 1.17 bits per heavy atom. The van der Waals surface area contributed by atoms with E-state index in [1.165, 1.54) is 11.2 Å². The molecule has 7 nitrogen and oxygen atoms in total. The highest BCUT2D eigenvalue weighted by molar-refractivity contribution is 7.92. The van der Waals surface area contributed by atoms with E-state index in [4.69, 9.17) is 0 Å². The molecule has 2 atom stereocenters. The number of amides is 1. The maximum atomic E-state index is 12.4. The van der Waals surface area contributed by atoms with Gasteiger partial charge in [-0.15, -0.1) is 0 Å². The Labute approximate surface area is 139 Å². The van der Waals surface area contributed by atoms with Crippen molar-refractivity contribution in [1.82, 2.24) is 9.21 Å². The van der Waals surface area contributed by atoms with Crippen molar-refractivity contribution in [3.63, 3.8) is 0 Å². The summed E-state index contributed by atoms with van der Waals surface area (Å²) in [7, 11) is -6.67. The first kappa shape index (κ1) is 18.7. The van der Waals surface area contributed by atoms with Gasteiger partial charge in [0.05, 0.1) is 16.8 Å². The van der Waals surface area contributed by atoms with E-state index >= 15 is 0 Å². The Morgan fingerprint density at radius 2 is 1.78 bits per heavy atom. The minimum atomic E-state index is -3.39. The fourth-order valence-electron chi connectivity index (χ4n) is 3.55. The number of hydrogen-bond acceptors (Lipinski definition) is 5. The molecule has 2 fully saturated rings. The van der Waals surface area contributed by atoms with Crippen LogP contribution in [-0.2, 0) is 24.7 Å². The van der Waals surface area contributed by atoms with Crippen molar-refractivity contribution in [3.8, 4) is 0 Å². The number of hydrogen-bond donors (Lipinski definition) is 0. The van der Waals surface area contributed by atoms with Gasteiger partial charge in [0.25, 0.3) is 0 Å². The Morgan fingerprint density at radius 3 is 2.35 bits per heavy atom. The van der Waals surface area contributed by atoms with Crippen LogP contribution in [0.15, 0.2) is 0 Å². The third-order valence-electron chi connectivity index (χ3n) is 4.59. The van der Waals surface area contributed by atoms with Crippen molar-refractivity contribution in [2.24, 2.45) is 5.92 Å². The molecule has 0 unspecified atom stereocenters. The zero-order valence-corrected chi connectivity index (χ0v) is 15.6. The number of rotatable bonds is 3. The van der Waals surface area contributed by atoms with Crippen LogP contribution in [0.5, 0.6) is 0 Å². The Bertz CT molecular complexity index is 657. The molecule has 0 aromatic carbocycles. The van der Waals surface area contributed by atoms with Crippen LogP contribution in [0.2, 0.25) is 0 Å². The molecule has 2 rings (SSSR count). The van der Waals surface area contributed by atoms with E-state index in [0.29, 0.717) is 6.42 Å². The minimum Gasteiger partial charge on any atom is -0.338 e. The lowest BCUT2D eigenvalue weighted by molar-refractivity contribution is -0.131. The number of nitrogens with zero attached hydrogens (tertiary/aromatic N) is 2. The lowest BCUT2D eigenvalue weighted by Crippen LogP contribution is -2.56. The molecule has 0 N–H and O–H groups in total. The second-order valence-corrected chi connectivity index (χ2v) is 11.2. The third-order valence-corrected chi connectivity index (χ3v) is 9.05. The summed E-state index contributed by atoms with van der Waals surface area (Å²) >= 11 is 0. The minimum absolute atomic E-state index is 0.0166. The van der Waals surface area contributed by atoms with Crippen molar-refractivity contribution < 1.29 is 21.6 Å². The SMILES string of the molecule is CC(=O)N1CCS(=O)(=O)[C@@H]2CCN(S(=O)(=O)CC(C)C)CC[C@@H]21. The molecule has 134 valence electrons. The van der Waals surface area contributed by atoms with Crippen LogP contribution in [0.3, 0.4) is 0 Å². The number of carbonyl (C=O) groups is 1. The molecule has 0 aliphatic carbocycles. The van der Waals surface area contributed by atoms with Gasteiger partial charge in [-0.05, 0) is 18.8 Å². The second kappa shape index (κ2) is 6.68. The Hall–Kier alpha value is -0.670. The first-order valence-electron chi connectivity index (χ1n) is 8.01. The summed E-state index contributed by atoms with van der Waals surface area (Å²) in [6.07, 6.45) is 0.634. The summed E-state index contributed by atoms with van der Waals surface area (Å²) in [5.74, 6) is -0.103. The van der Waals surface area contributed by atoms with E-state index in [-0.39, 0.29) is 49.4 Å². The summed E-state index contributed by atoms with van der Waals surface area (Å²) in [6, 6.07) is -0.412. The van der Waals surface area contributed by atoms with E-state index in [1.807, 2.05) is 13.8 Å². The van der Waals surface area contributed by atoms with Crippen LogP contribution in [0.4, 0.5) is 0 Å². The summed E-state index contributed by atoms with van der Waals surface area (Å²) in [4.78, 5) is 13.4. The molecular weight excluding hydrogens is 340 g/mol. The maximum Gasteiger partial charge on any atom is 0.219 e. The van der Waals surface area contributed by atoms with Gasteiger partial charge in [0.2, 0.25) is 15.9 Å². The zero-order chi connectivity index (χ0) is 17.4. The van der Waals surface area contributed by atoms with Crippen LogP contribution in [0, 0.1) is 5.92 Å². The van der Waals surface area contributed by atoms with Crippen LogP contribution >= 0.6 is 0 Å². The molecule has 0 aromatic rings. The lowest BCUT2D eigenvalue weighted by atomic mass is 10.1. The first-order valence-corrected chi connectivity index (χ1v) is 11.3. The summed E-state index contributed by atoms with van der Waals surface area (Å²) in [5, 5.41) is -0.653. The Balaban J connectivity index is 2.24. The fourth-order valence-corrected chi connectivity index (χ4v) is 7.35. The zero-order valence-electron chi connectivity index (χ0n) is 13.9. The van der Waals surface area contributed by atoms with E-state index in [2.05, 4.69) is 0 Å². The number of sulfonamides is 1. The summed E-state index contributed by atoms with van der Waals surface area (Å²) < 4.78 is 51.0. The molecule has 0 saturated carbocycles. The largest absolute Gasteiger partial charge is 0.338 e. The highest BCUT2D eigenvalue weighted by Crippen LogP contribution is 2.29. The predicted octanol–water partition coefficient (Wildman–Crippen LogP) is 0.0821. The average Bonchev–Trinajstić information content (AvgIpc) is 2.60. The molecule has 2 aliphatic heterocycles. The van der Waals surface area contributed by atoms with Gasteiger partial charge in [-0.1, -0.05) is 13.8 Å². The molecule has 0 radical (unpaired) electrons. The van der Waals surface area contributed by atoms with Gasteiger partial charge in [0.1, 0.15) is 0 Å². The molecule has 0 aromatic heterocycles. The monoisotopic (exact) mass is 366 g/mol. The summed E-state index contributed by atoms with van der Waals surface area (Å²) in [6.45, 7) is 5.82. The topological polar surface area (TPSA) is 91.8 Å². The summed E-state index contributed by atoms with van der Waals surface area (Å²) in [5.41, 5.74) is 0. The van der Waals surface area contributed by atoms with Crippen LogP contribution in [-0.4, -0.2) is 74.4 Å². The second-order valence-electron chi connectivity index (χ2n) is 6.83. The number of sulfone groups is 1. The third kappa shape index (κ3) is 4.06. The van der Waals surface area contributed by atoms with E-state index in [1.54, 1.807) is 4.90 Å². The fraction of sp³-hybridized carbons (Fsp3) is 0.929. The first-order chi connectivity index (χ1) is 10.5. The van der Waals surface area contributed by atoms with Crippen molar-refractivity contribution >= 4 is 25.8 Å². The van der Waals surface area contributed by atoms with Gasteiger partial charge in [0, 0.05) is 32.6 Å². The van der Waals surface area contributed by atoms with Crippen molar-refractivity contribution in [1.29, 1.82) is 0 Å². The van der Waals surface area contributed by atoms with E-state index in [0.717, 1.165) is 0 Å². The van der Waals surface area contributed by atoms with Gasteiger partial charge in [-0.2, -0.15) is 0 Å². The van der Waals surface area contributed by atoms with Crippen molar-refractivity contribution in [2.45, 2.75) is 44.9 Å². The highest BCUT2D eigenvalue weighted by atomic mass is 32.2. The quantitative estimate of drug-likeness (QED) is 0.705. The molecule has 2 saturated heterocycles. The predicted molar refractivity (Wildman–Crippen MR) is 88.2 cm³/mol. The molecule has 23 heavy (non-hydrogen) atoms. The molecule has 2 heterocycles. The smallest absolute Gasteiger partial charge is 0.219 e. The van der Waals surface area contributed by atoms with Gasteiger partial charge in [-0.3, -0.25) is 4.79 Å². The van der Waals surface area contributed by atoms with E-state index < -0.39 is 31.2 Å². The van der Waals surface area contributed by atoms with Crippen molar-refractivity contribution in [2.75, 3.05) is 31.1 Å². The van der Waals surface area contributed by atoms with Gasteiger partial charge in [-0.25, -0.2) is 21.1 Å². The van der Waals surface area contributed by atoms with Crippen LogP contribution in [0.25, 0.3) is 0 Å². The number of carbonyl (C=O) groups excluding carboxylic acids is 1. The molecule has 0 spiro atoms. The standard InChI is InChI=1S/C14H26N2O5S2/c1-11(2)10-23(20,21)15-6-4-13-14(5-7-15)22(18,19)9-8-16(13)12(3)17/h11,13-14H,4-10H2,1-3H3/t13-,14+/m0/s1. The van der Waals surface area contributed by atoms with Crippen molar-refractivity contribution in [3.05, 3.63) is 0 Å². The maximum absolute atomic E-state index is 12.4. The lowest BCUT2D eigenvalue weighted by Gasteiger charge is -2.39. The van der Waals surface area contributed by atoms with Gasteiger partial charge >= 0.3 is 0 Å². The molecule has 1 amide bonds. The van der Waals surface area contributed by atoms with Gasteiger partial charge < -0.3 is 4.90 Å². The molecular formula is C14H26N2O5S2.